The number of unbranched alkanes of at least 4 members (excludes halogenated alkanes) is 7. The SMILES string of the molecule is CCCCCCCCCCc1ccc(NCN2C(=O)C(=O)c3ccccc32)cc1. The molecule has 2 aromatic carbocycles. The van der Waals surface area contributed by atoms with E-state index in [1.165, 1.54) is 61.8 Å². The maximum absolute atomic E-state index is 12.2. The summed E-state index contributed by atoms with van der Waals surface area (Å²) >= 11 is 0. The average Bonchev–Trinajstić information content (AvgIpc) is 2.99. The number of Topliss-reactive ketones (excluding diaryl/α,β-unsaturated/α-hetero) is 1. The van der Waals surface area contributed by atoms with Crippen LogP contribution in [-0.4, -0.2) is 18.4 Å². The Morgan fingerprint density at radius 2 is 1.45 bits per heavy atom. The predicted molar refractivity (Wildman–Crippen MR) is 120 cm³/mol. The number of amides is 1. The summed E-state index contributed by atoms with van der Waals surface area (Å²) in [6, 6.07) is 15.5. The second kappa shape index (κ2) is 10.8. The molecule has 0 aliphatic carbocycles. The molecular formula is C25H32N2O2. The van der Waals surface area contributed by atoms with Gasteiger partial charge in [0.2, 0.25) is 0 Å². The third-order valence-corrected chi connectivity index (χ3v) is 5.59. The molecule has 1 heterocycles. The molecule has 1 N–H and O–H groups in total. The van der Waals surface area contributed by atoms with Gasteiger partial charge in [-0.1, -0.05) is 76.1 Å². The van der Waals surface area contributed by atoms with Gasteiger partial charge in [-0.15, -0.1) is 0 Å². The molecule has 0 fully saturated rings. The van der Waals surface area contributed by atoms with Gasteiger partial charge in [0.15, 0.2) is 0 Å². The lowest BCUT2D eigenvalue weighted by atomic mass is 10.0. The topological polar surface area (TPSA) is 49.4 Å². The molecule has 0 radical (unpaired) electrons. The van der Waals surface area contributed by atoms with Crippen LogP contribution < -0.4 is 10.2 Å². The highest BCUT2D eigenvalue weighted by atomic mass is 16.2. The zero-order valence-electron chi connectivity index (χ0n) is 17.5. The van der Waals surface area contributed by atoms with Gasteiger partial charge in [-0.2, -0.15) is 0 Å². The Morgan fingerprint density at radius 1 is 0.793 bits per heavy atom. The van der Waals surface area contributed by atoms with Crippen molar-refractivity contribution >= 4 is 23.1 Å². The van der Waals surface area contributed by atoms with Crippen molar-refractivity contribution < 1.29 is 9.59 Å². The van der Waals surface area contributed by atoms with Gasteiger partial charge in [-0.3, -0.25) is 14.5 Å². The number of carbonyl (C=O) groups excluding carboxylic acids is 2. The summed E-state index contributed by atoms with van der Waals surface area (Å²) in [5.74, 6) is -0.895. The summed E-state index contributed by atoms with van der Waals surface area (Å²) in [5, 5.41) is 3.26. The van der Waals surface area contributed by atoms with E-state index in [-0.39, 0.29) is 0 Å². The molecule has 0 aromatic heterocycles. The lowest BCUT2D eigenvalue weighted by Crippen LogP contribution is -2.34. The Labute approximate surface area is 174 Å². The Bertz CT molecular complexity index is 814. The lowest BCUT2D eigenvalue weighted by molar-refractivity contribution is -0.114. The first-order valence-electron chi connectivity index (χ1n) is 11.0. The van der Waals surface area contributed by atoms with E-state index in [0.717, 1.165) is 12.1 Å². The summed E-state index contributed by atoms with van der Waals surface area (Å²) in [7, 11) is 0. The lowest BCUT2D eigenvalue weighted by Gasteiger charge is -2.18. The number of rotatable bonds is 12. The number of anilines is 2. The summed E-state index contributed by atoms with van der Waals surface area (Å²) in [5.41, 5.74) is 3.47. The first-order valence-corrected chi connectivity index (χ1v) is 11.0. The van der Waals surface area contributed by atoms with E-state index < -0.39 is 11.7 Å². The Morgan fingerprint density at radius 3 is 2.17 bits per heavy atom. The third-order valence-electron chi connectivity index (χ3n) is 5.59. The van der Waals surface area contributed by atoms with E-state index in [4.69, 9.17) is 0 Å². The monoisotopic (exact) mass is 392 g/mol. The standard InChI is InChI=1S/C25H32N2O2/c1-2-3-4-5-6-7-8-9-12-20-15-17-21(18-16-20)26-19-27-23-14-11-10-13-22(23)24(28)25(27)29/h10-11,13-18,26H,2-9,12,19H2,1H3. The normalized spacial score (nSPS) is 13.1. The molecule has 0 atom stereocenters. The summed E-state index contributed by atoms with van der Waals surface area (Å²) < 4.78 is 0. The number of aryl methyl sites for hydroxylation is 1. The molecule has 4 heteroatoms. The van der Waals surface area contributed by atoms with Crippen molar-refractivity contribution in [3.05, 3.63) is 59.7 Å². The number of hydrogen-bond acceptors (Lipinski definition) is 3. The van der Waals surface area contributed by atoms with Gasteiger partial charge >= 0.3 is 5.91 Å². The van der Waals surface area contributed by atoms with Crippen molar-refractivity contribution in [1.82, 2.24) is 0 Å². The Balaban J connectivity index is 1.40. The number of fused-ring (bicyclic) bond motifs is 1. The van der Waals surface area contributed by atoms with Gasteiger partial charge in [0, 0.05) is 5.69 Å². The highest BCUT2D eigenvalue weighted by Gasteiger charge is 2.35. The fraction of sp³-hybridized carbons (Fsp3) is 0.440. The van der Waals surface area contributed by atoms with Gasteiger partial charge in [0.05, 0.1) is 17.9 Å². The number of nitrogens with zero attached hydrogens (tertiary/aromatic N) is 1. The van der Waals surface area contributed by atoms with Crippen LogP contribution in [0.4, 0.5) is 11.4 Å². The largest absolute Gasteiger partial charge is 0.367 e. The van der Waals surface area contributed by atoms with Gasteiger partial charge < -0.3 is 5.32 Å². The molecule has 0 saturated carbocycles. The third kappa shape index (κ3) is 5.69. The Kier molecular flexibility index (Phi) is 7.85. The van der Waals surface area contributed by atoms with E-state index in [0.29, 0.717) is 17.9 Å². The van der Waals surface area contributed by atoms with E-state index in [1.54, 1.807) is 12.1 Å². The molecule has 1 amide bonds. The minimum absolute atomic E-state index is 0.291. The molecule has 0 spiro atoms. The molecule has 3 rings (SSSR count). The highest BCUT2D eigenvalue weighted by molar-refractivity contribution is 6.52. The maximum atomic E-state index is 12.2. The summed E-state index contributed by atoms with van der Waals surface area (Å²) in [6.07, 6.45) is 11.8. The smallest absolute Gasteiger partial charge is 0.300 e. The average molecular weight is 393 g/mol. The number of carbonyl (C=O) groups is 2. The second-order valence-corrected chi connectivity index (χ2v) is 7.84. The Hall–Kier alpha value is -2.62. The molecule has 0 saturated heterocycles. The van der Waals surface area contributed by atoms with Crippen LogP contribution >= 0.6 is 0 Å². The second-order valence-electron chi connectivity index (χ2n) is 7.84. The van der Waals surface area contributed by atoms with Crippen molar-refractivity contribution in [1.29, 1.82) is 0 Å². The molecule has 1 aliphatic heterocycles. The fourth-order valence-electron chi connectivity index (χ4n) is 3.83. The number of para-hydroxylation sites is 1. The van der Waals surface area contributed by atoms with E-state index in [1.807, 2.05) is 24.3 Å². The highest BCUT2D eigenvalue weighted by Crippen LogP contribution is 2.28. The van der Waals surface area contributed by atoms with Crippen LogP contribution in [0.3, 0.4) is 0 Å². The van der Waals surface area contributed by atoms with Gasteiger partial charge in [-0.05, 0) is 42.7 Å². The van der Waals surface area contributed by atoms with Crippen LogP contribution in [0.5, 0.6) is 0 Å². The maximum Gasteiger partial charge on any atom is 0.300 e. The van der Waals surface area contributed by atoms with Crippen LogP contribution in [0.2, 0.25) is 0 Å². The fourth-order valence-corrected chi connectivity index (χ4v) is 3.83. The van der Waals surface area contributed by atoms with Gasteiger partial charge in [-0.25, -0.2) is 0 Å². The summed E-state index contributed by atoms with van der Waals surface area (Å²) in [6.45, 7) is 2.55. The number of benzene rings is 2. The zero-order valence-corrected chi connectivity index (χ0v) is 17.5. The minimum Gasteiger partial charge on any atom is -0.367 e. The van der Waals surface area contributed by atoms with Crippen molar-refractivity contribution in [2.45, 2.75) is 64.7 Å². The number of ketones is 1. The van der Waals surface area contributed by atoms with Crippen molar-refractivity contribution in [2.24, 2.45) is 0 Å². The van der Waals surface area contributed by atoms with E-state index >= 15 is 0 Å². The predicted octanol–water partition coefficient (Wildman–Crippen LogP) is 5.97. The van der Waals surface area contributed by atoms with Crippen molar-refractivity contribution in [3.8, 4) is 0 Å². The molecule has 0 unspecified atom stereocenters. The first-order chi connectivity index (χ1) is 14.2. The van der Waals surface area contributed by atoms with Crippen LogP contribution in [-0.2, 0) is 11.2 Å². The molecule has 4 nitrogen and oxygen atoms in total. The quantitative estimate of drug-likeness (QED) is 0.358. The molecule has 2 aromatic rings. The van der Waals surface area contributed by atoms with Gasteiger partial charge in [0.1, 0.15) is 0 Å². The van der Waals surface area contributed by atoms with Crippen LogP contribution in [0, 0.1) is 0 Å². The van der Waals surface area contributed by atoms with Crippen molar-refractivity contribution in [3.63, 3.8) is 0 Å². The zero-order chi connectivity index (χ0) is 20.5. The molecular weight excluding hydrogens is 360 g/mol. The van der Waals surface area contributed by atoms with Crippen LogP contribution in [0.25, 0.3) is 0 Å². The minimum atomic E-state index is -0.468. The van der Waals surface area contributed by atoms with Crippen LogP contribution in [0.1, 0.15) is 74.2 Å². The van der Waals surface area contributed by atoms with E-state index in [9.17, 15) is 9.59 Å². The van der Waals surface area contributed by atoms with Crippen molar-refractivity contribution in [2.75, 3.05) is 16.9 Å². The van der Waals surface area contributed by atoms with Crippen LogP contribution in [0.15, 0.2) is 48.5 Å². The molecule has 0 bridgehead atoms. The molecule has 154 valence electrons. The number of nitrogens with one attached hydrogen (secondary N) is 1. The van der Waals surface area contributed by atoms with E-state index in [2.05, 4.69) is 24.4 Å². The molecule has 1 aliphatic rings. The summed E-state index contributed by atoms with van der Waals surface area (Å²) in [4.78, 5) is 25.8. The van der Waals surface area contributed by atoms with Gasteiger partial charge in [0.25, 0.3) is 5.78 Å². The molecule has 29 heavy (non-hydrogen) atoms. The first kappa shape index (κ1) is 21.1. The number of hydrogen-bond donors (Lipinski definition) is 1.